The molecule has 18 heavy (non-hydrogen) atoms. The van der Waals surface area contributed by atoms with Crippen LogP contribution >= 0.6 is 0 Å². The second kappa shape index (κ2) is 5.96. The summed E-state index contributed by atoms with van der Waals surface area (Å²) in [6.45, 7) is 1.45. The zero-order valence-corrected chi connectivity index (χ0v) is 10.8. The molecule has 0 spiro atoms. The summed E-state index contributed by atoms with van der Waals surface area (Å²) in [5.74, 6) is 0.0380. The van der Waals surface area contributed by atoms with E-state index < -0.39 is 0 Å². The molecule has 1 fully saturated rings. The van der Waals surface area contributed by atoms with Crippen molar-refractivity contribution in [3.63, 3.8) is 0 Å². The molecule has 0 unspecified atom stereocenters. The molecule has 1 N–H and O–H groups in total. The number of carbonyl (C=O) groups is 1. The fourth-order valence-electron chi connectivity index (χ4n) is 2.37. The van der Waals surface area contributed by atoms with Gasteiger partial charge in [0.2, 0.25) is 5.91 Å². The lowest BCUT2D eigenvalue weighted by Gasteiger charge is -2.41. The van der Waals surface area contributed by atoms with E-state index in [1.165, 1.54) is 6.42 Å². The third-order valence-corrected chi connectivity index (χ3v) is 3.59. The molecule has 1 amide bonds. The van der Waals surface area contributed by atoms with Gasteiger partial charge >= 0.3 is 0 Å². The number of nitrogens with one attached hydrogen (secondary N) is 1. The highest BCUT2D eigenvalue weighted by Gasteiger charge is 2.37. The van der Waals surface area contributed by atoms with Crippen molar-refractivity contribution in [2.75, 3.05) is 20.3 Å². The minimum Gasteiger partial charge on any atom is -0.384 e. The number of rotatable bonds is 6. The topological polar surface area (TPSA) is 51.2 Å². The predicted octanol–water partition coefficient (Wildman–Crippen LogP) is 1.56. The molecule has 1 aliphatic carbocycles. The van der Waals surface area contributed by atoms with Gasteiger partial charge < -0.3 is 10.1 Å². The van der Waals surface area contributed by atoms with Crippen molar-refractivity contribution >= 4 is 5.91 Å². The molecular formula is C14H20N2O2. The molecule has 4 heteroatoms. The molecule has 1 heterocycles. The van der Waals surface area contributed by atoms with Crippen LogP contribution in [0.15, 0.2) is 24.4 Å². The second-order valence-electron chi connectivity index (χ2n) is 5.06. The smallest absolute Gasteiger partial charge is 0.226 e. The van der Waals surface area contributed by atoms with Crippen LogP contribution < -0.4 is 5.32 Å². The molecule has 1 aliphatic rings. The summed E-state index contributed by atoms with van der Waals surface area (Å²) in [6.07, 6.45) is 5.58. The number of methoxy groups -OCH3 is 1. The summed E-state index contributed by atoms with van der Waals surface area (Å²) < 4.78 is 5.24. The number of amides is 1. The third-order valence-electron chi connectivity index (χ3n) is 3.59. The first kappa shape index (κ1) is 13.0. The molecule has 0 saturated heterocycles. The molecule has 0 atom stereocenters. The van der Waals surface area contributed by atoms with Crippen LogP contribution in [0.4, 0.5) is 0 Å². The molecule has 1 aromatic rings. The van der Waals surface area contributed by atoms with Gasteiger partial charge in [-0.3, -0.25) is 9.78 Å². The maximum absolute atomic E-state index is 11.8. The van der Waals surface area contributed by atoms with Gasteiger partial charge in [-0.2, -0.15) is 0 Å². The molecular weight excluding hydrogens is 228 g/mol. The standard InChI is InChI=1S/C14H20N2O2/c1-18-11-14(6-4-7-14)10-16-13(17)9-12-5-2-3-8-15-12/h2-3,5,8H,4,6-7,9-11H2,1H3,(H,16,17). The summed E-state index contributed by atoms with van der Waals surface area (Å²) in [5.41, 5.74) is 0.985. The van der Waals surface area contributed by atoms with Crippen LogP contribution in [0.5, 0.6) is 0 Å². The first-order valence-corrected chi connectivity index (χ1v) is 6.40. The molecule has 2 rings (SSSR count). The van der Waals surface area contributed by atoms with E-state index in [1.54, 1.807) is 13.3 Å². The summed E-state index contributed by atoms with van der Waals surface area (Å²) >= 11 is 0. The Labute approximate surface area is 108 Å². The van der Waals surface area contributed by atoms with E-state index in [-0.39, 0.29) is 11.3 Å². The van der Waals surface area contributed by atoms with E-state index in [9.17, 15) is 4.79 Å². The summed E-state index contributed by atoms with van der Waals surface area (Å²) in [6, 6.07) is 5.62. The van der Waals surface area contributed by atoms with Crippen LogP contribution in [0, 0.1) is 5.41 Å². The van der Waals surface area contributed by atoms with Gasteiger partial charge in [0.1, 0.15) is 0 Å². The van der Waals surface area contributed by atoms with Crippen LogP contribution in [-0.2, 0) is 16.0 Å². The van der Waals surface area contributed by atoms with Gasteiger partial charge in [0.05, 0.1) is 13.0 Å². The lowest BCUT2D eigenvalue weighted by Crippen LogP contribution is -2.45. The van der Waals surface area contributed by atoms with Crippen molar-refractivity contribution in [3.05, 3.63) is 30.1 Å². The number of carbonyl (C=O) groups excluding carboxylic acids is 1. The summed E-state index contributed by atoms with van der Waals surface area (Å²) in [5, 5.41) is 3.00. The predicted molar refractivity (Wildman–Crippen MR) is 69.1 cm³/mol. The molecule has 98 valence electrons. The van der Waals surface area contributed by atoms with E-state index >= 15 is 0 Å². The van der Waals surface area contributed by atoms with Gasteiger partial charge in [0.25, 0.3) is 0 Å². The highest BCUT2D eigenvalue weighted by molar-refractivity contribution is 5.78. The number of ether oxygens (including phenoxy) is 1. The SMILES string of the molecule is COCC1(CNC(=O)Cc2ccccn2)CCC1. The lowest BCUT2D eigenvalue weighted by atomic mass is 9.69. The van der Waals surface area contributed by atoms with Gasteiger partial charge in [-0.05, 0) is 25.0 Å². The summed E-state index contributed by atoms with van der Waals surface area (Å²) in [4.78, 5) is 16.0. The average Bonchev–Trinajstić information content (AvgIpc) is 2.34. The number of nitrogens with zero attached hydrogens (tertiary/aromatic N) is 1. The quantitative estimate of drug-likeness (QED) is 0.831. The van der Waals surface area contributed by atoms with Gasteiger partial charge in [-0.25, -0.2) is 0 Å². The minimum atomic E-state index is 0.0380. The van der Waals surface area contributed by atoms with Crippen molar-refractivity contribution in [2.24, 2.45) is 5.41 Å². The fraction of sp³-hybridized carbons (Fsp3) is 0.571. The molecule has 0 aromatic carbocycles. The third kappa shape index (κ3) is 3.29. The molecule has 0 aliphatic heterocycles. The van der Waals surface area contributed by atoms with Crippen LogP contribution in [-0.4, -0.2) is 31.2 Å². The first-order valence-electron chi connectivity index (χ1n) is 6.40. The van der Waals surface area contributed by atoms with Crippen molar-refractivity contribution < 1.29 is 9.53 Å². The Hall–Kier alpha value is -1.42. The highest BCUT2D eigenvalue weighted by Crippen LogP contribution is 2.40. The van der Waals surface area contributed by atoms with E-state index in [0.29, 0.717) is 13.0 Å². The van der Waals surface area contributed by atoms with Gasteiger partial charge in [-0.15, -0.1) is 0 Å². The van der Waals surface area contributed by atoms with Gasteiger partial charge in [0, 0.05) is 31.0 Å². The number of aromatic nitrogens is 1. The maximum Gasteiger partial charge on any atom is 0.226 e. The summed E-state index contributed by atoms with van der Waals surface area (Å²) in [7, 11) is 1.72. The highest BCUT2D eigenvalue weighted by atomic mass is 16.5. The largest absolute Gasteiger partial charge is 0.384 e. The molecule has 0 bridgehead atoms. The number of hydrogen-bond acceptors (Lipinski definition) is 3. The Bertz CT molecular complexity index is 388. The lowest BCUT2D eigenvalue weighted by molar-refractivity contribution is -0.121. The molecule has 4 nitrogen and oxygen atoms in total. The minimum absolute atomic E-state index is 0.0380. The van der Waals surface area contributed by atoms with Crippen molar-refractivity contribution in [1.82, 2.24) is 10.3 Å². The first-order chi connectivity index (χ1) is 8.74. The van der Waals surface area contributed by atoms with Crippen LogP contribution in [0.2, 0.25) is 0 Å². The number of pyridine rings is 1. The van der Waals surface area contributed by atoms with E-state index in [4.69, 9.17) is 4.74 Å². The Morgan fingerprint density at radius 1 is 1.50 bits per heavy atom. The average molecular weight is 248 g/mol. The molecule has 1 saturated carbocycles. The van der Waals surface area contributed by atoms with E-state index in [0.717, 1.165) is 25.1 Å². The van der Waals surface area contributed by atoms with Crippen molar-refractivity contribution in [3.8, 4) is 0 Å². The van der Waals surface area contributed by atoms with E-state index in [1.807, 2.05) is 18.2 Å². The van der Waals surface area contributed by atoms with Crippen LogP contribution in [0.3, 0.4) is 0 Å². The van der Waals surface area contributed by atoms with Gasteiger partial charge in [-0.1, -0.05) is 12.5 Å². The normalized spacial score (nSPS) is 16.9. The zero-order chi connectivity index (χ0) is 12.8. The van der Waals surface area contributed by atoms with Crippen LogP contribution in [0.25, 0.3) is 0 Å². The second-order valence-corrected chi connectivity index (χ2v) is 5.06. The zero-order valence-electron chi connectivity index (χ0n) is 10.8. The maximum atomic E-state index is 11.8. The van der Waals surface area contributed by atoms with Crippen LogP contribution in [0.1, 0.15) is 25.0 Å². The number of hydrogen-bond donors (Lipinski definition) is 1. The monoisotopic (exact) mass is 248 g/mol. The van der Waals surface area contributed by atoms with E-state index in [2.05, 4.69) is 10.3 Å². The Kier molecular flexibility index (Phi) is 4.31. The van der Waals surface area contributed by atoms with Crippen molar-refractivity contribution in [2.45, 2.75) is 25.7 Å². The van der Waals surface area contributed by atoms with Gasteiger partial charge in [0.15, 0.2) is 0 Å². The Morgan fingerprint density at radius 2 is 2.33 bits per heavy atom. The van der Waals surface area contributed by atoms with Crippen molar-refractivity contribution in [1.29, 1.82) is 0 Å². The Morgan fingerprint density at radius 3 is 2.89 bits per heavy atom. The molecule has 1 aromatic heterocycles. The Balaban J connectivity index is 1.78. The fourth-order valence-corrected chi connectivity index (χ4v) is 2.37. The molecule has 0 radical (unpaired) electrons.